The fourth-order valence-corrected chi connectivity index (χ4v) is 1.80. The van der Waals surface area contributed by atoms with Gasteiger partial charge in [-0.2, -0.15) is 0 Å². The van der Waals surface area contributed by atoms with E-state index in [1.807, 2.05) is 0 Å². The molecule has 2 N–H and O–H groups in total. The first-order valence-electron chi connectivity index (χ1n) is 5.23. The minimum absolute atomic E-state index is 0.00926. The maximum atomic E-state index is 13.6. The second kappa shape index (κ2) is 4.85. The monoisotopic (exact) mass is 286 g/mol. The Bertz CT molecular complexity index is 729. The SMILES string of the molecule is CCOC(=O)c1c(O)c2c(F)cnc(Cl)c2[nH]c1=O. The molecule has 0 bridgehead atoms. The minimum atomic E-state index is -1.05. The molecule has 2 heterocycles. The highest BCUT2D eigenvalue weighted by atomic mass is 35.5. The average Bonchev–Trinajstić information content (AvgIpc) is 2.34. The van der Waals surface area contributed by atoms with Gasteiger partial charge >= 0.3 is 5.97 Å². The number of hydrogen-bond donors (Lipinski definition) is 2. The summed E-state index contributed by atoms with van der Waals surface area (Å²) in [5, 5.41) is 9.30. The van der Waals surface area contributed by atoms with E-state index < -0.39 is 28.7 Å². The molecular weight excluding hydrogens is 279 g/mol. The van der Waals surface area contributed by atoms with Crippen LogP contribution in [-0.2, 0) is 4.74 Å². The molecule has 19 heavy (non-hydrogen) atoms. The van der Waals surface area contributed by atoms with Crippen LogP contribution >= 0.6 is 11.6 Å². The fraction of sp³-hybridized carbons (Fsp3) is 0.182. The Morgan fingerprint density at radius 3 is 2.95 bits per heavy atom. The highest BCUT2D eigenvalue weighted by Gasteiger charge is 2.23. The van der Waals surface area contributed by atoms with Crippen molar-refractivity contribution in [1.82, 2.24) is 9.97 Å². The lowest BCUT2D eigenvalue weighted by Gasteiger charge is -2.08. The second-order valence-corrected chi connectivity index (χ2v) is 3.90. The number of halogens is 2. The van der Waals surface area contributed by atoms with Gasteiger partial charge in [-0.1, -0.05) is 11.6 Å². The molecule has 0 unspecified atom stereocenters. The number of hydrogen-bond acceptors (Lipinski definition) is 5. The summed E-state index contributed by atoms with van der Waals surface area (Å²) in [5.41, 5.74) is -1.79. The van der Waals surface area contributed by atoms with Crippen molar-refractivity contribution in [2.75, 3.05) is 6.61 Å². The molecule has 2 rings (SSSR count). The van der Waals surface area contributed by atoms with Crippen LogP contribution in [0.3, 0.4) is 0 Å². The Morgan fingerprint density at radius 2 is 2.32 bits per heavy atom. The van der Waals surface area contributed by atoms with Crippen LogP contribution in [0.1, 0.15) is 17.3 Å². The standard InChI is InChI=1S/C11H8ClFN2O4/c1-2-19-11(18)6-8(16)5-4(13)3-14-9(12)7(5)15-10(6)17/h3H,2H2,1H3,(H2,15,16,17). The van der Waals surface area contributed by atoms with Gasteiger partial charge in [0.05, 0.1) is 23.7 Å². The molecule has 0 aliphatic rings. The Kier molecular flexibility index (Phi) is 3.39. The number of rotatable bonds is 2. The Hall–Kier alpha value is -2.15. The largest absolute Gasteiger partial charge is 0.506 e. The quantitative estimate of drug-likeness (QED) is 0.646. The van der Waals surface area contributed by atoms with Crippen molar-refractivity contribution >= 4 is 28.5 Å². The lowest BCUT2D eigenvalue weighted by atomic mass is 10.1. The van der Waals surface area contributed by atoms with Gasteiger partial charge in [0.2, 0.25) is 0 Å². The number of carbonyl (C=O) groups excluding carboxylic acids is 1. The van der Waals surface area contributed by atoms with Gasteiger partial charge < -0.3 is 14.8 Å². The highest BCUT2D eigenvalue weighted by molar-refractivity contribution is 6.34. The Labute approximate surface area is 110 Å². The molecule has 0 aliphatic heterocycles. The number of nitrogens with one attached hydrogen (secondary N) is 1. The first kappa shape index (κ1) is 13.3. The first-order chi connectivity index (χ1) is 8.97. The summed E-state index contributed by atoms with van der Waals surface area (Å²) in [6.07, 6.45) is 0.775. The lowest BCUT2D eigenvalue weighted by molar-refractivity contribution is 0.0521. The van der Waals surface area contributed by atoms with Crippen molar-refractivity contribution < 1.29 is 19.0 Å². The van der Waals surface area contributed by atoms with Crippen molar-refractivity contribution in [3.8, 4) is 5.75 Å². The van der Waals surface area contributed by atoms with Gasteiger partial charge in [-0.15, -0.1) is 0 Å². The number of fused-ring (bicyclic) bond motifs is 1. The van der Waals surface area contributed by atoms with Crippen molar-refractivity contribution in [2.24, 2.45) is 0 Å². The first-order valence-corrected chi connectivity index (χ1v) is 5.61. The molecule has 0 spiro atoms. The Morgan fingerprint density at radius 1 is 1.63 bits per heavy atom. The van der Waals surface area contributed by atoms with Gasteiger partial charge in [0.25, 0.3) is 5.56 Å². The second-order valence-electron chi connectivity index (χ2n) is 3.55. The number of nitrogens with zero attached hydrogens (tertiary/aromatic N) is 1. The number of pyridine rings is 2. The van der Waals surface area contributed by atoms with Gasteiger partial charge in [0.15, 0.2) is 16.5 Å². The zero-order valence-corrected chi connectivity index (χ0v) is 10.4. The van der Waals surface area contributed by atoms with Crippen LogP contribution < -0.4 is 5.56 Å². The van der Waals surface area contributed by atoms with Crippen LogP contribution in [0.2, 0.25) is 5.15 Å². The van der Waals surface area contributed by atoms with Crippen LogP contribution in [0.25, 0.3) is 10.9 Å². The lowest BCUT2D eigenvalue weighted by Crippen LogP contribution is -2.20. The summed E-state index contributed by atoms with van der Waals surface area (Å²) in [4.78, 5) is 29.0. The minimum Gasteiger partial charge on any atom is -0.506 e. The zero-order valence-electron chi connectivity index (χ0n) is 9.66. The van der Waals surface area contributed by atoms with Crippen LogP contribution in [0.5, 0.6) is 5.75 Å². The van der Waals surface area contributed by atoms with E-state index in [-0.39, 0.29) is 22.7 Å². The Balaban J connectivity index is 2.86. The molecule has 0 aliphatic carbocycles. The van der Waals surface area contributed by atoms with Gasteiger partial charge in [-0.25, -0.2) is 14.2 Å². The number of aromatic nitrogens is 2. The van der Waals surface area contributed by atoms with Gasteiger partial charge in [-0.05, 0) is 6.92 Å². The van der Waals surface area contributed by atoms with E-state index in [1.54, 1.807) is 0 Å². The number of aromatic hydroxyl groups is 1. The third-order valence-electron chi connectivity index (χ3n) is 2.41. The van der Waals surface area contributed by atoms with E-state index in [9.17, 15) is 19.1 Å². The normalized spacial score (nSPS) is 10.7. The molecule has 100 valence electrons. The molecule has 2 aromatic heterocycles. The van der Waals surface area contributed by atoms with Crippen molar-refractivity contribution in [1.29, 1.82) is 0 Å². The summed E-state index contributed by atoms with van der Waals surface area (Å²) in [5.74, 6) is -2.78. The molecule has 0 amide bonds. The predicted octanol–water partition coefficient (Wildman–Crippen LogP) is 1.60. The number of ether oxygens (including phenoxy) is 1. The van der Waals surface area contributed by atoms with E-state index >= 15 is 0 Å². The van der Waals surface area contributed by atoms with Crippen LogP contribution in [0.4, 0.5) is 4.39 Å². The molecule has 8 heteroatoms. The van der Waals surface area contributed by atoms with E-state index in [0.717, 1.165) is 6.20 Å². The van der Waals surface area contributed by atoms with E-state index in [0.29, 0.717) is 0 Å². The molecule has 0 saturated carbocycles. The molecule has 0 radical (unpaired) electrons. The fourth-order valence-electron chi connectivity index (χ4n) is 1.61. The highest BCUT2D eigenvalue weighted by Crippen LogP contribution is 2.30. The van der Waals surface area contributed by atoms with E-state index in [2.05, 4.69) is 14.7 Å². The van der Waals surface area contributed by atoms with Gasteiger partial charge in [0, 0.05) is 0 Å². The van der Waals surface area contributed by atoms with Crippen LogP contribution in [0.15, 0.2) is 11.0 Å². The van der Waals surface area contributed by atoms with Crippen molar-refractivity contribution in [3.05, 3.63) is 33.1 Å². The predicted molar refractivity (Wildman–Crippen MR) is 65.0 cm³/mol. The van der Waals surface area contributed by atoms with Crippen molar-refractivity contribution in [3.63, 3.8) is 0 Å². The number of esters is 1. The topological polar surface area (TPSA) is 92.3 Å². The smallest absolute Gasteiger partial charge is 0.347 e. The molecule has 6 nitrogen and oxygen atoms in total. The molecule has 0 aromatic carbocycles. The van der Waals surface area contributed by atoms with Crippen LogP contribution in [0, 0.1) is 5.82 Å². The summed E-state index contributed by atoms with van der Waals surface area (Å²) >= 11 is 5.69. The third kappa shape index (κ3) is 2.12. The van der Waals surface area contributed by atoms with Gasteiger partial charge in [-0.3, -0.25) is 4.79 Å². The van der Waals surface area contributed by atoms with E-state index in [1.165, 1.54) is 6.92 Å². The van der Waals surface area contributed by atoms with Gasteiger partial charge in [0.1, 0.15) is 5.75 Å². The van der Waals surface area contributed by atoms with Crippen LogP contribution in [-0.4, -0.2) is 27.7 Å². The molecule has 2 aromatic rings. The number of aromatic amines is 1. The number of H-pyrrole nitrogens is 1. The third-order valence-corrected chi connectivity index (χ3v) is 2.69. The summed E-state index contributed by atoms with van der Waals surface area (Å²) < 4.78 is 18.3. The summed E-state index contributed by atoms with van der Waals surface area (Å²) in [6.45, 7) is 1.54. The molecule has 0 fully saturated rings. The molecule has 0 saturated heterocycles. The molecule has 0 atom stereocenters. The maximum absolute atomic E-state index is 13.6. The van der Waals surface area contributed by atoms with E-state index in [4.69, 9.17) is 11.6 Å². The zero-order chi connectivity index (χ0) is 14.2. The molecular formula is C11H8ClFN2O4. The maximum Gasteiger partial charge on any atom is 0.347 e. The van der Waals surface area contributed by atoms with Crippen molar-refractivity contribution in [2.45, 2.75) is 6.92 Å². The summed E-state index contributed by atoms with van der Waals surface area (Å²) in [6, 6.07) is 0. The summed E-state index contributed by atoms with van der Waals surface area (Å²) in [7, 11) is 0. The number of carbonyl (C=O) groups is 1. The average molecular weight is 287 g/mol.